The number of methoxy groups -OCH3 is 1. The highest BCUT2D eigenvalue weighted by atomic mass is 16.5. The summed E-state index contributed by atoms with van der Waals surface area (Å²) in [6, 6.07) is 7.12. The van der Waals surface area contributed by atoms with Crippen molar-refractivity contribution in [2.24, 2.45) is 5.92 Å². The van der Waals surface area contributed by atoms with Crippen molar-refractivity contribution in [2.75, 3.05) is 12.4 Å². The molecule has 1 aliphatic rings. The summed E-state index contributed by atoms with van der Waals surface area (Å²) in [6.45, 7) is 1.58. The Bertz CT molecular complexity index is 523. The Morgan fingerprint density at radius 2 is 1.95 bits per heavy atom. The minimum Gasteiger partial charge on any atom is -0.495 e. The zero-order valence-corrected chi connectivity index (χ0v) is 13.1. The number of carbonyl (C=O) groups is 2. The van der Waals surface area contributed by atoms with Crippen molar-refractivity contribution in [3.8, 4) is 5.75 Å². The maximum absolute atomic E-state index is 12.1. The van der Waals surface area contributed by atoms with Crippen LogP contribution in [0.5, 0.6) is 5.75 Å². The standard InChI is InChI=1S/C17H23NO4/c1-12(22-16(19)11-13-7-3-4-8-13)17(20)18-14-9-5-6-10-15(14)21-2/h5-6,9-10,12-13H,3-4,7-8,11H2,1-2H3,(H,18,20)/t12-/m1/s1. The van der Waals surface area contributed by atoms with Crippen LogP contribution in [-0.4, -0.2) is 25.1 Å². The van der Waals surface area contributed by atoms with Crippen LogP contribution in [0.4, 0.5) is 5.69 Å². The Balaban J connectivity index is 1.84. The van der Waals surface area contributed by atoms with Crippen LogP contribution in [0.25, 0.3) is 0 Å². The highest BCUT2D eigenvalue weighted by Crippen LogP contribution is 2.28. The molecule has 1 aliphatic carbocycles. The van der Waals surface area contributed by atoms with Gasteiger partial charge in [0.25, 0.3) is 5.91 Å². The van der Waals surface area contributed by atoms with Gasteiger partial charge in [-0.25, -0.2) is 0 Å². The molecule has 0 radical (unpaired) electrons. The molecular weight excluding hydrogens is 282 g/mol. The normalized spacial score (nSPS) is 16.1. The fourth-order valence-corrected chi connectivity index (χ4v) is 2.73. The average molecular weight is 305 g/mol. The quantitative estimate of drug-likeness (QED) is 0.820. The number of amides is 1. The molecule has 22 heavy (non-hydrogen) atoms. The smallest absolute Gasteiger partial charge is 0.306 e. The Morgan fingerprint density at radius 3 is 2.64 bits per heavy atom. The van der Waals surface area contributed by atoms with E-state index in [0.29, 0.717) is 23.8 Å². The molecule has 5 nitrogen and oxygen atoms in total. The first-order valence-electron chi connectivity index (χ1n) is 7.73. The lowest BCUT2D eigenvalue weighted by Gasteiger charge is -2.16. The van der Waals surface area contributed by atoms with E-state index in [1.54, 1.807) is 25.1 Å². The van der Waals surface area contributed by atoms with Gasteiger partial charge < -0.3 is 14.8 Å². The van der Waals surface area contributed by atoms with Gasteiger partial charge in [-0.1, -0.05) is 25.0 Å². The van der Waals surface area contributed by atoms with E-state index in [9.17, 15) is 9.59 Å². The molecule has 1 amide bonds. The van der Waals surface area contributed by atoms with Crippen LogP contribution in [0.3, 0.4) is 0 Å². The van der Waals surface area contributed by atoms with Gasteiger partial charge in [0, 0.05) is 6.42 Å². The summed E-state index contributed by atoms with van der Waals surface area (Å²) in [5.74, 6) is 0.330. The van der Waals surface area contributed by atoms with E-state index in [4.69, 9.17) is 9.47 Å². The SMILES string of the molecule is COc1ccccc1NC(=O)[C@@H](C)OC(=O)CC1CCCC1. The molecule has 1 aromatic rings. The summed E-state index contributed by atoms with van der Waals surface area (Å²) in [5.41, 5.74) is 0.564. The molecule has 0 bridgehead atoms. The van der Waals surface area contributed by atoms with E-state index >= 15 is 0 Å². The van der Waals surface area contributed by atoms with Gasteiger partial charge >= 0.3 is 5.97 Å². The van der Waals surface area contributed by atoms with Gasteiger partial charge in [-0.15, -0.1) is 0 Å². The summed E-state index contributed by atoms with van der Waals surface area (Å²) >= 11 is 0. The molecule has 5 heteroatoms. The number of ether oxygens (including phenoxy) is 2. The molecule has 2 rings (SSSR count). The van der Waals surface area contributed by atoms with Gasteiger partial charge in [0.05, 0.1) is 12.8 Å². The van der Waals surface area contributed by atoms with E-state index in [2.05, 4.69) is 5.32 Å². The first kappa shape index (κ1) is 16.3. The predicted octanol–water partition coefficient (Wildman–Crippen LogP) is 3.15. The summed E-state index contributed by atoms with van der Waals surface area (Å²) in [5, 5.41) is 2.72. The lowest BCUT2D eigenvalue weighted by atomic mass is 10.0. The molecule has 1 fully saturated rings. The third kappa shape index (κ3) is 4.48. The fourth-order valence-electron chi connectivity index (χ4n) is 2.73. The van der Waals surface area contributed by atoms with Crippen LogP contribution in [0.1, 0.15) is 39.0 Å². The predicted molar refractivity (Wildman–Crippen MR) is 83.8 cm³/mol. The van der Waals surface area contributed by atoms with Crippen LogP contribution in [-0.2, 0) is 14.3 Å². The minimum absolute atomic E-state index is 0.297. The van der Waals surface area contributed by atoms with Gasteiger partial charge in [-0.3, -0.25) is 9.59 Å². The second kappa shape index (κ2) is 7.82. The average Bonchev–Trinajstić information content (AvgIpc) is 3.00. The van der Waals surface area contributed by atoms with Crippen molar-refractivity contribution in [3.05, 3.63) is 24.3 Å². The van der Waals surface area contributed by atoms with Gasteiger partial charge in [0.2, 0.25) is 0 Å². The molecule has 1 aromatic carbocycles. The summed E-state index contributed by atoms with van der Waals surface area (Å²) < 4.78 is 10.4. The van der Waals surface area contributed by atoms with Crippen molar-refractivity contribution < 1.29 is 19.1 Å². The lowest BCUT2D eigenvalue weighted by molar-refractivity contribution is -0.154. The third-order valence-electron chi connectivity index (χ3n) is 3.97. The number of carbonyl (C=O) groups excluding carboxylic acids is 2. The van der Waals surface area contributed by atoms with Crippen molar-refractivity contribution in [1.82, 2.24) is 0 Å². The summed E-state index contributed by atoms with van der Waals surface area (Å²) in [7, 11) is 1.54. The van der Waals surface area contributed by atoms with E-state index in [-0.39, 0.29) is 11.9 Å². The van der Waals surface area contributed by atoms with Crippen molar-refractivity contribution >= 4 is 17.6 Å². The number of hydrogen-bond acceptors (Lipinski definition) is 4. The van der Waals surface area contributed by atoms with Gasteiger partial charge in [-0.05, 0) is 37.8 Å². The maximum Gasteiger partial charge on any atom is 0.306 e. The minimum atomic E-state index is -0.821. The third-order valence-corrected chi connectivity index (χ3v) is 3.97. The van der Waals surface area contributed by atoms with Crippen LogP contribution in [0, 0.1) is 5.92 Å². The van der Waals surface area contributed by atoms with Crippen LogP contribution in [0.15, 0.2) is 24.3 Å². The van der Waals surface area contributed by atoms with E-state index in [1.807, 2.05) is 6.07 Å². The Hall–Kier alpha value is -2.04. The molecule has 1 atom stereocenters. The summed E-state index contributed by atoms with van der Waals surface area (Å²) in [6.07, 6.45) is 4.11. The highest BCUT2D eigenvalue weighted by molar-refractivity contribution is 5.96. The summed E-state index contributed by atoms with van der Waals surface area (Å²) in [4.78, 5) is 24.0. The number of esters is 1. The molecule has 120 valence electrons. The second-order valence-corrected chi connectivity index (χ2v) is 5.68. The zero-order valence-electron chi connectivity index (χ0n) is 13.1. The fraction of sp³-hybridized carbons (Fsp3) is 0.529. The van der Waals surface area contributed by atoms with Crippen molar-refractivity contribution in [2.45, 2.75) is 45.1 Å². The number of para-hydroxylation sites is 2. The maximum atomic E-state index is 12.1. The molecule has 0 aliphatic heterocycles. The van der Waals surface area contributed by atoms with Crippen LogP contribution in [0.2, 0.25) is 0 Å². The number of nitrogens with one attached hydrogen (secondary N) is 1. The topological polar surface area (TPSA) is 64.6 Å². The van der Waals surface area contributed by atoms with Crippen molar-refractivity contribution in [3.63, 3.8) is 0 Å². The van der Waals surface area contributed by atoms with Gasteiger partial charge in [0.15, 0.2) is 6.10 Å². The first-order valence-corrected chi connectivity index (χ1v) is 7.73. The van der Waals surface area contributed by atoms with Crippen LogP contribution >= 0.6 is 0 Å². The highest BCUT2D eigenvalue weighted by Gasteiger charge is 2.23. The monoisotopic (exact) mass is 305 g/mol. The second-order valence-electron chi connectivity index (χ2n) is 5.68. The molecule has 0 aromatic heterocycles. The first-order chi connectivity index (χ1) is 10.6. The largest absolute Gasteiger partial charge is 0.495 e. The number of benzene rings is 1. The Morgan fingerprint density at radius 1 is 1.27 bits per heavy atom. The van der Waals surface area contributed by atoms with E-state index in [0.717, 1.165) is 12.8 Å². The molecule has 0 heterocycles. The number of hydrogen-bond donors (Lipinski definition) is 1. The zero-order chi connectivity index (χ0) is 15.9. The molecule has 0 spiro atoms. The Labute approximate surface area is 131 Å². The molecular formula is C17H23NO4. The lowest BCUT2D eigenvalue weighted by Crippen LogP contribution is -2.30. The number of anilines is 1. The molecule has 0 unspecified atom stereocenters. The van der Waals surface area contributed by atoms with E-state index in [1.165, 1.54) is 20.0 Å². The molecule has 0 saturated heterocycles. The van der Waals surface area contributed by atoms with Gasteiger partial charge in [-0.2, -0.15) is 0 Å². The molecule has 1 saturated carbocycles. The van der Waals surface area contributed by atoms with E-state index < -0.39 is 6.10 Å². The van der Waals surface area contributed by atoms with Crippen LogP contribution < -0.4 is 10.1 Å². The molecule has 1 N–H and O–H groups in total. The number of rotatable bonds is 6. The van der Waals surface area contributed by atoms with Crippen molar-refractivity contribution in [1.29, 1.82) is 0 Å². The van der Waals surface area contributed by atoms with Gasteiger partial charge in [0.1, 0.15) is 5.75 Å². The Kier molecular flexibility index (Phi) is 5.81.